The van der Waals surface area contributed by atoms with E-state index in [4.69, 9.17) is 16.3 Å². The van der Waals surface area contributed by atoms with Crippen LogP contribution < -0.4 is 4.90 Å². The molecule has 1 saturated carbocycles. The zero-order chi connectivity index (χ0) is 18.4. The number of rotatable bonds is 4. The Kier molecular flexibility index (Phi) is 4.37. The third-order valence-corrected chi connectivity index (χ3v) is 7.70. The number of pyridine rings is 1. The molecule has 1 atom stereocenters. The predicted octanol–water partition coefficient (Wildman–Crippen LogP) is 2.21. The fraction of sp³-hybridized carbons (Fsp3) is 0.471. The van der Waals surface area contributed by atoms with E-state index in [1.807, 2.05) is 6.92 Å². The van der Waals surface area contributed by atoms with Gasteiger partial charge < -0.3 is 9.64 Å². The molecule has 9 heteroatoms. The maximum absolute atomic E-state index is 13.2. The monoisotopic (exact) mass is 394 g/mol. The van der Waals surface area contributed by atoms with E-state index in [2.05, 4.69) is 19.9 Å². The first-order chi connectivity index (χ1) is 12.4. The van der Waals surface area contributed by atoms with Crippen molar-refractivity contribution >= 4 is 27.3 Å². The molecule has 0 spiro atoms. The molecular weight excluding hydrogens is 376 g/mol. The molecule has 0 amide bonds. The average Bonchev–Trinajstić information content (AvgIpc) is 3.45. The van der Waals surface area contributed by atoms with Crippen molar-refractivity contribution in [1.82, 2.24) is 15.0 Å². The highest BCUT2D eigenvalue weighted by atomic mass is 35.5. The van der Waals surface area contributed by atoms with Crippen molar-refractivity contribution in [2.45, 2.75) is 35.4 Å². The maximum atomic E-state index is 13.2. The molecule has 26 heavy (non-hydrogen) atoms. The largest absolute Gasteiger partial charge is 0.377 e. The maximum Gasteiger partial charge on any atom is 0.224 e. The first-order valence-corrected chi connectivity index (χ1v) is 10.3. The lowest BCUT2D eigenvalue weighted by atomic mass is 10.2. The molecule has 2 aromatic heterocycles. The normalized spacial score (nSPS) is 22.2. The van der Waals surface area contributed by atoms with Crippen LogP contribution in [-0.2, 0) is 19.3 Å². The second kappa shape index (κ2) is 6.44. The predicted molar refractivity (Wildman–Crippen MR) is 97.0 cm³/mol. The van der Waals surface area contributed by atoms with Gasteiger partial charge in [-0.15, -0.1) is 0 Å². The van der Waals surface area contributed by atoms with Gasteiger partial charge in [0, 0.05) is 25.0 Å². The molecule has 3 heterocycles. The van der Waals surface area contributed by atoms with Crippen molar-refractivity contribution in [3.8, 4) is 0 Å². The van der Waals surface area contributed by atoms with Crippen LogP contribution in [0.5, 0.6) is 0 Å². The van der Waals surface area contributed by atoms with E-state index < -0.39 is 14.6 Å². The summed E-state index contributed by atoms with van der Waals surface area (Å²) in [7, 11) is -3.59. The van der Waals surface area contributed by atoms with Crippen molar-refractivity contribution < 1.29 is 13.2 Å². The number of anilines is 1. The van der Waals surface area contributed by atoms with Crippen molar-refractivity contribution in [2.75, 3.05) is 24.7 Å². The first kappa shape index (κ1) is 17.6. The number of nitrogens with zero attached hydrogens (tertiary/aromatic N) is 4. The topological polar surface area (TPSA) is 85.3 Å². The minimum absolute atomic E-state index is 0.0624. The van der Waals surface area contributed by atoms with E-state index in [0.29, 0.717) is 44.1 Å². The van der Waals surface area contributed by atoms with Crippen molar-refractivity contribution in [3.63, 3.8) is 0 Å². The Hall–Kier alpha value is -1.77. The van der Waals surface area contributed by atoms with Crippen LogP contribution in [-0.4, -0.2) is 49.2 Å². The van der Waals surface area contributed by atoms with Gasteiger partial charge in [-0.2, -0.15) is 0 Å². The van der Waals surface area contributed by atoms with E-state index in [-0.39, 0.29) is 16.2 Å². The van der Waals surface area contributed by atoms with Gasteiger partial charge in [0.1, 0.15) is 10.6 Å². The van der Waals surface area contributed by atoms with Crippen molar-refractivity contribution in [2.24, 2.45) is 0 Å². The summed E-state index contributed by atoms with van der Waals surface area (Å²) in [5, 5.41) is 0.0624. The van der Waals surface area contributed by atoms with Crippen molar-refractivity contribution in [3.05, 3.63) is 41.6 Å². The Morgan fingerprint density at radius 2 is 2.00 bits per heavy atom. The van der Waals surface area contributed by atoms with Crippen LogP contribution in [0.2, 0.25) is 5.28 Å². The van der Waals surface area contributed by atoms with Crippen molar-refractivity contribution in [1.29, 1.82) is 0 Å². The lowest BCUT2D eigenvalue weighted by Gasteiger charge is -2.34. The summed E-state index contributed by atoms with van der Waals surface area (Å²) < 4.78 is 30.9. The molecule has 1 aliphatic heterocycles. The minimum Gasteiger partial charge on any atom is -0.377 e. The molecule has 2 fully saturated rings. The van der Waals surface area contributed by atoms with Gasteiger partial charge in [0.25, 0.3) is 0 Å². The van der Waals surface area contributed by atoms with E-state index in [0.717, 1.165) is 0 Å². The highest BCUT2D eigenvalue weighted by molar-refractivity contribution is 7.92. The van der Waals surface area contributed by atoms with Crippen LogP contribution in [0.3, 0.4) is 0 Å². The van der Waals surface area contributed by atoms with E-state index in [1.54, 1.807) is 6.07 Å². The summed E-state index contributed by atoms with van der Waals surface area (Å²) in [4.78, 5) is 14.8. The summed E-state index contributed by atoms with van der Waals surface area (Å²) in [5.74, 6) is 0.645. The van der Waals surface area contributed by atoms with Crippen LogP contribution in [0, 0.1) is 0 Å². The molecule has 0 bridgehead atoms. The highest BCUT2D eigenvalue weighted by Crippen LogP contribution is 2.55. The van der Waals surface area contributed by atoms with E-state index in [9.17, 15) is 8.42 Å². The number of ether oxygens (including phenoxy) is 1. The van der Waals surface area contributed by atoms with Gasteiger partial charge in [-0.05, 0) is 43.5 Å². The van der Waals surface area contributed by atoms with Gasteiger partial charge in [0.15, 0.2) is 9.84 Å². The summed E-state index contributed by atoms with van der Waals surface area (Å²) in [6, 6.07) is 4.93. The molecule has 4 rings (SSSR count). The number of hydrogen-bond donors (Lipinski definition) is 0. The number of halogens is 1. The van der Waals surface area contributed by atoms with Crippen LogP contribution >= 0.6 is 11.6 Å². The smallest absolute Gasteiger partial charge is 0.224 e. The third-order valence-electron chi connectivity index (χ3n) is 4.99. The number of morpholine rings is 1. The van der Waals surface area contributed by atoms with E-state index in [1.165, 1.54) is 24.5 Å². The molecular formula is C17H19ClN4O3S. The summed E-state index contributed by atoms with van der Waals surface area (Å²) in [6.07, 6.45) is 4.00. The quantitative estimate of drug-likeness (QED) is 0.735. The summed E-state index contributed by atoms with van der Waals surface area (Å²) in [5.41, 5.74) is 0.461. The fourth-order valence-corrected chi connectivity index (χ4v) is 5.50. The Balaban J connectivity index is 1.76. The Morgan fingerprint density at radius 3 is 2.65 bits per heavy atom. The standard InChI is InChI=1S/C17H19ClN4O3S/c1-12-11-25-9-8-22(12)15-10-14(20-16(18)21-15)17(4-5-17)26(23,24)13-2-6-19-7-3-13/h2-3,6-7,10,12H,4-5,8-9,11H2,1H3/t12-/m0/s1. The molecule has 0 unspecified atom stereocenters. The number of hydrogen-bond acceptors (Lipinski definition) is 7. The Morgan fingerprint density at radius 1 is 1.27 bits per heavy atom. The van der Waals surface area contributed by atoms with Gasteiger partial charge in [-0.25, -0.2) is 18.4 Å². The SMILES string of the molecule is C[C@H]1COCCN1c1cc(C2(S(=O)(=O)c3ccncc3)CC2)nc(Cl)n1. The van der Waals surface area contributed by atoms with Gasteiger partial charge in [-0.3, -0.25) is 4.98 Å². The number of aromatic nitrogens is 3. The van der Waals surface area contributed by atoms with Crippen LogP contribution in [0.4, 0.5) is 5.82 Å². The van der Waals surface area contributed by atoms with Gasteiger partial charge in [0.2, 0.25) is 5.28 Å². The lowest BCUT2D eigenvalue weighted by molar-refractivity contribution is 0.0985. The zero-order valence-corrected chi connectivity index (χ0v) is 15.9. The molecule has 2 aromatic rings. The van der Waals surface area contributed by atoms with Crippen LogP contribution in [0.1, 0.15) is 25.5 Å². The molecule has 1 aliphatic carbocycles. The highest BCUT2D eigenvalue weighted by Gasteiger charge is 2.58. The molecule has 0 radical (unpaired) electrons. The summed E-state index contributed by atoms with van der Waals surface area (Å²) >= 11 is 6.16. The number of sulfone groups is 1. The molecule has 7 nitrogen and oxygen atoms in total. The zero-order valence-electron chi connectivity index (χ0n) is 14.3. The van der Waals surface area contributed by atoms with Gasteiger partial charge in [-0.1, -0.05) is 0 Å². The average molecular weight is 395 g/mol. The van der Waals surface area contributed by atoms with Gasteiger partial charge in [0.05, 0.1) is 29.8 Å². The molecule has 0 aromatic carbocycles. The van der Waals surface area contributed by atoms with Crippen LogP contribution in [0.25, 0.3) is 0 Å². The molecule has 1 saturated heterocycles. The molecule has 0 N–H and O–H groups in total. The second-order valence-electron chi connectivity index (χ2n) is 6.68. The Labute approximate surface area is 157 Å². The minimum atomic E-state index is -3.59. The lowest BCUT2D eigenvalue weighted by Crippen LogP contribution is -2.44. The van der Waals surface area contributed by atoms with Crippen LogP contribution in [0.15, 0.2) is 35.5 Å². The molecule has 138 valence electrons. The fourth-order valence-electron chi connectivity index (χ4n) is 3.37. The molecule has 2 aliphatic rings. The van der Waals surface area contributed by atoms with E-state index >= 15 is 0 Å². The van der Waals surface area contributed by atoms with Gasteiger partial charge >= 0.3 is 0 Å². The first-order valence-electron chi connectivity index (χ1n) is 8.48. The second-order valence-corrected chi connectivity index (χ2v) is 9.28. The third kappa shape index (κ3) is 2.86. The summed E-state index contributed by atoms with van der Waals surface area (Å²) in [6.45, 7) is 3.91. The Bertz CT molecular complexity index is 919.